The van der Waals surface area contributed by atoms with Gasteiger partial charge >= 0.3 is 0 Å². The fourth-order valence-corrected chi connectivity index (χ4v) is 3.84. The smallest absolute Gasteiger partial charge is 0.243 e. The van der Waals surface area contributed by atoms with Gasteiger partial charge in [-0.25, -0.2) is 8.42 Å². The number of likely N-dealkylation sites (N-methyl/N-ethyl adjacent to an activating group) is 1. The molecule has 5 nitrogen and oxygen atoms in total. The van der Waals surface area contributed by atoms with Crippen molar-refractivity contribution in [3.63, 3.8) is 0 Å². The van der Waals surface area contributed by atoms with E-state index in [1.807, 2.05) is 7.05 Å². The van der Waals surface area contributed by atoms with Gasteiger partial charge < -0.3 is 10.0 Å². The van der Waals surface area contributed by atoms with Crippen LogP contribution in [-0.4, -0.2) is 62.6 Å². The minimum Gasteiger partial charge on any atom is -0.396 e. The molecule has 0 saturated carbocycles. The zero-order valence-corrected chi connectivity index (χ0v) is 12.6. The topological polar surface area (TPSA) is 60.9 Å². The largest absolute Gasteiger partial charge is 0.396 e. The Bertz CT molecular complexity index is 528. The lowest BCUT2D eigenvalue weighted by molar-refractivity contribution is 0.299. The first kappa shape index (κ1) is 15.4. The molecule has 20 heavy (non-hydrogen) atoms. The second-order valence-corrected chi connectivity index (χ2v) is 7.12. The summed E-state index contributed by atoms with van der Waals surface area (Å²) in [7, 11) is -1.38. The SMILES string of the molecule is CN1CCCN(S(=O)(=O)c2ccc(CCO)cc2)CC1. The highest BCUT2D eigenvalue weighted by atomic mass is 32.2. The molecule has 0 unspecified atom stereocenters. The molecule has 0 spiro atoms. The molecular formula is C14H22N2O3S. The van der Waals surface area contributed by atoms with Crippen molar-refractivity contribution in [3.05, 3.63) is 29.8 Å². The molecule has 0 amide bonds. The summed E-state index contributed by atoms with van der Waals surface area (Å²) < 4.78 is 26.7. The normalized spacial score (nSPS) is 18.9. The summed E-state index contributed by atoms with van der Waals surface area (Å²) in [6.07, 6.45) is 1.41. The van der Waals surface area contributed by atoms with Crippen LogP contribution in [0, 0.1) is 0 Å². The molecule has 0 radical (unpaired) electrons. The van der Waals surface area contributed by atoms with Gasteiger partial charge in [0.05, 0.1) is 4.90 Å². The van der Waals surface area contributed by atoms with Gasteiger partial charge in [-0.15, -0.1) is 0 Å². The lowest BCUT2D eigenvalue weighted by Crippen LogP contribution is -2.34. The summed E-state index contributed by atoms with van der Waals surface area (Å²) in [5.74, 6) is 0. The molecule has 1 fully saturated rings. The van der Waals surface area contributed by atoms with Gasteiger partial charge in [0.1, 0.15) is 0 Å². The molecule has 1 saturated heterocycles. The zero-order valence-electron chi connectivity index (χ0n) is 11.8. The Morgan fingerprint density at radius 2 is 1.80 bits per heavy atom. The molecule has 0 aliphatic carbocycles. The first-order valence-corrected chi connectivity index (χ1v) is 8.36. The first-order chi connectivity index (χ1) is 9.54. The van der Waals surface area contributed by atoms with Crippen LogP contribution in [0.25, 0.3) is 0 Å². The van der Waals surface area contributed by atoms with Crippen molar-refractivity contribution in [1.29, 1.82) is 0 Å². The van der Waals surface area contributed by atoms with Crippen LogP contribution >= 0.6 is 0 Å². The molecule has 1 heterocycles. The summed E-state index contributed by atoms with van der Waals surface area (Å²) in [4.78, 5) is 2.49. The Labute approximate surface area is 120 Å². The van der Waals surface area contributed by atoms with Crippen molar-refractivity contribution < 1.29 is 13.5 Å². The summed E-state index contributed by atoms with van der Waals surface area (Å²) in [5.41, 5.74) is 0.946. The molecule has 1 aliphatic rings. The summed E-state index contributed by atoms with van der Waals surface area (Å²) in [5, 5.41) is 8.88. The van der Waals surface area contributed by atoms with Crippen LogP contribution in [0.3, 0.4) is 0 Å². The Morgan fingerprint density at radius 1 is 1.10 bits per heavy atom. The fourth-order valence-electron chi connectivity index (χ4n) is 2.37. The van der Waals surface area contributed by atoms with Crippen molar-refractivity contribution in [2.45, 2.75) is 17.7 Å². The summed E-state index contributed by atoms with van der Waals surface area (Å²) in [6.45, 7) is 2.89. The standard InChI is InChI=1S/C14H22N2O3S/c1-15-8-2-9-16(11-10-15)20(18,19)14-5-3-13(4-6-14)7-12-17/h3-6,17H,2,7-12H2,1H3. The first-order valence-electron chi connectivity index (χ1n) is 6.92. The van der Waals surface area contributed by atoms with Crippen LogP contribution in [0.5, 0.6) is 0 Å². The van der Waals surface area contributed by atoms with Crippen molar-refractivity contribution in [1.82, 2.24) is 9.21 Å². The van der Waals surface area contributed by atoms with Gasteiger partial charge in [-0.05, 0) is 44.1 Å². The van der Waals surface area contributed by atoms with Crippen molar-refractivity contribution >= 4 is 10.0 Å². The van der Waals surface area contributed by atoms with Crippen molar-refractivity contribution in [2.75, 3.05) is 39.8 Å². The van der Waals surface area contributed by atoms with Gasteiger partial charge in [0, 0.05) is 26.2 Å². The zero-order chi connectivity index (χ0) is 14.6. The van der Waals surface area contributed by atoms with E-state index in [0.717, 1.165) is 25.1 Å². The van der Waals surface area contributed by atoms with Crippen LogP contribution in [0.4, 0.5) is 0 Å². The number of rotatable bonds is 4. The van der Waals surface area contributed by atoms with Crippen LogP contribution in [0.1, 0.15) is 12.0 Å². The maximum absolute atomic E-state index is 12.6. The van der Waals surface area contributed by atoms with Crippen LogP contribution < -0.4 is 0 Å². The third-order valence-electron chi connectivity index (χ3n) is 3.64. The van der Waals surface area contributed by atoms with Crippen molar-refractivity contribution in [3.8, 4) is 0 Å². The molecule has 1 aromatic rings. The molecule has 112 valence electrons. The van der Waals surface area contributed by atoms with E-state index in [9.17, 15) is 8.42 Å². The average molecular weight is 298 g/mol. The minimum atomic E-state index is -3.40. The van der Waals surface area contributed by atoms with E-state index in [1.165, 1.54) is 0 Å². The number of hydrogen-bond acceptors (Lipinski definition) is 4. The highest BCUT2D eigenvalue weighted by molar-refractivity contribution is 7.89. The highest BCUT2D eigenvalue weighted by Crippen LogP contribution is 2.18. The summed E-state index contributed by atoms with van der Waals surface area (Å²) in [6, 6.07) is 6.81. The van der Waals surface area contributed by atoms with Gasteiger partial charge in [-0.2, -0.15) is 4.31 Å². The number of sulfonamides is 1. The molecule has 0 bridgehead atoms. The quantitative estimate of drug-likeness (QED) is 0.882. The lowest BCUT2D eigenvalue weighted by atomic mass is 10.2. The van der Waals surface area contributed by atoms with Gasteiger partial charge in [0.25, 0.3) is 0 Å². The van der Waals surface area contributed by atoms with Gasteiger partial charge in [-0.3, -0.25) is 0 Å². The molecule has 1 aromatic carbocycles. The van der Waals surface area contributed by atoms with Gasteiger partial charge in [-0.1, -0.05) is 12.1 Å². The minimum absolute atomic E-state index is 0.0740. The summed E-state index contributed by atoms with van der Waals surface area (Å²) >= 11 is 0. The van der Waals surface area contributed by atoms with Crippen LogP contribution in [0.15, 0.2) is 29.2 Å². The molecule has 0 aromatic heterocycles. The number of hydrogen-bond donors (Lipinski definition) is 1. The Hall–Kier alpha value is -0.950. The second-order valence-electron chi connectivity index (χ2n) is 5.18. The molecule has 1 aliphatic heterocycles. The third kappa shape index (κ3) is 3.58. The molecule has 2 rings (SSSR count). The Morgan fingerprint density at radius 3 is 2.45 bits per heavy atom. The van der Waals surface area contributed by atoms with E-state index >= 15 is 0 Å². The van der Waals surface area contributed by atoms with E-state index in [-0.39, 0.29) is 6.61 Å². The van der Waals surface area contributed by atoms with Gasteiger partial charge in [0.15, 0.2) is 0 Å². The maximum atomic E-state index is 12.6. The van der Waals surface area contributed by atoms with E-state index in [1.54, 1.807) is 28.6 Å². The molecular weight excluding hydrogens is 276 g/mol. The van der Waals surface area contributed by atoms with Crippen molar-refractivity contribution in [2.24, 2.45) is 0 Å². The van der Waals surface area contributed by atoms with Gasteiger partial charge in [0.2, 0.25) is 10.0 Å². The van der Waals surface area contributed by atoms with Crippen LogP contribution in [0.2, 0.25) is 0 Å². The Balaban J connectivity index is 2.16. The van der Waals surface area contributed by atoms with Crippen LogP contribution in [-0.2, 0) is 16.4 Å². The number of benzene rings is 1. The average Bonchev–Trinajstić information content (AvgIpc) is 2.65. The maximum Gasteiger partial charge on any atom is 0.243 e. The van der Waals surface area contributed by atoms with E-state index in [0.29, 0.717) is 24.4 Å². The predicted octanol–water partition coefficient (Wildman–Crippen LogP) is 0.548. The van der Waals surface area contributed by atoms with E-state index in [4.69, 9.17) is 5.11 Å². The Kier molecular flexibility index (Phi) is 5.15. The predicted molar refractivity (Wildman–Crippen MR) is 78.1 cm³/mol. The van der Waals surface area contributed by atoms with E-state index < -0.39 is 10.0 Å². The number of nitrogens with zero attached hydrogens (tertiary/aromatic N) is 2. The third-order valence-corrected chi connectivity index (χ3v) is 5.55. The molecule has 6 heteroatoms. The second kappa shape index (κ2) is 6.67. The fraction of sp³-hybridized carbons (Fsp3) is 0.571. The number of aliphatic hydroxyl groups excluding tert-OH is 1. The highest BCUT2D eigenvalue weighted by Gasteiger charge is 2.25. The lowest BCUT2D eigenvalue weighted by Gasteiger charge is -2.20. The monoisotopic (exact) mass is 298 g/mol. The molecule has 1 N–H and O–H groups in total. The van der Waals surface area contributed by atoms with E-state index in [2.05, 4.69) is 4.90 Å². The molecule has 0 atom stereocenters. The number of aliphatic hydroxyl groups is 1.